The molecule has 0 saturated heterocycles. The largest absolute Gasteiger partial charge is 0.493 e. The predicted molar refractivity (Wildman–Crippen MR) is 163 cm³/mol. The summed E-state index contributed by atoms with van der Waals surface area (Å²) in [6.45, 7) is 1.01. The maximum absolute atomic E-state index is 14.5. The molecule has 4 rings (SSSR count). The summed E-state index contributed by atoms with van der Waals surface area (Å²) in [4.78, 5) is 7.03. The number of hydrogen-bond acceptors (Lipinski definition) is 5. The highest BCUT2D eigenvalue weighted by molar-refractivity contribution is 7.98. The Morgan fingerprint density at radius 1 is 0.881 bits per heavy atom. The van der Waals surface area contributed by atoms with E-state index in [-0.39, 0.29) is 17.1 Å². The summed E-state index contributed by atoms with van der Waals surface area (Å²) in [6.07, 6.45) is 2.58. The first-order valence-electron chi connectivity index (χ1n) is 13.7. The second-order valence-electron chi connectivity index (χ2n) is 11.0. The zero-order chi connectivity index (χ0) is 30.4. The lowest BCUT2D eigenvalue weighted by molar-refractivity contribution is -0.870. The minimum atomic E-state index is -0.606. The van der Waals surface area contributed by atoms with Gasteiger partial charge in [0.2, 0.25) is 0 Å². The molecule has 0 fully saturated rings. The fraction of sp³-hybridized carbons (Fsp3) is 0.344. The van der Waals surface area contributed by atoms with Gasteiger partial charge in [-0.1, -0.05) is 17.8 Å². The number of nitrogens with zero attached hydrogens (tertiary/aromatic N) is 4. The number of benzene rings is 3. The average Bonchev–Trinajstić information content (AvgIpc) is 3.32. The second-order valence-corrected chi connectivity index (χ2v) is 12.0. The number of thioether (sulfide) groups is 1. The molecule has 0 aliphatic rings. The first kappa shape index (κ1) is 31.3. The number of unbranched alkanes of at least 4 members (excludes halogenated alkanes) is 1. The molecule has 0 saturated carbocycles. The van der Waals surface area contributed by atoms with Crippen LogP contribution in [0.3, 0.4) is 0 Å². The van der Waals surface area contributed by atoms with Crippen LogP contribution in [-0.2, 0) is 12.2 Å². The number of methoxy groups -OCH3 is 2. The van der Waals surface area contributed by atoms with E-state index in [9.17, 15) is 13.2 Å². The monoisotopic (exact) mass is 599 g/mol. The van der Waals surface area contributed by atoms with E-state index < -0.39 is 11.6 Å². The number of aryl methyl sites for hydroxylation is 1. The van der Waals surface area contributed by atoms with Crippen LogP contribution in [0.5, 0.6) is 11.5 Å². The Morgan fingerprint density at radius 3 is 2.17 bits per heavy atom. The van der Waals surface area contributed by atoms with Crippen molar-refractivity contribution in [2.24, 2.45) is 0 Å². The SMILES string of the molecule is COc1ccc(N(C)c2c(CCCC[N+](C)(C)C)nc(SCc3c(F)cccc3F)n2-c2ccc(F)cc2)cc1OC. The third-order valence-electron chi connectivity index (χ3n) is 6.95. The Bertz CT molecular complexity index is 1480. The van der Waals surface area contributed by atoms with E-state index in [1.807, 2.05) is 34.7 Å². The Labute approximate surface area is 250 Å². The van der Waals surface area contributed by atoms with Crippen LogP contribution in [0.15, 0.2) is 65.8 Å². The standard InChI is InChI=1S/C32H38F3N4O2S/c1-37(24-17-18-29(40-5)30(20-24)41-6)31-28(12-7-8-19-39(2,3)4)36-32(38(31)23-15-13-22(33)14-16-23)42-21-25-26(34)10-9-11-27(25)35/h9-11,13-18,20H,7-8,12,19,21H2,1-6H3/q+1. The molecule has 3 aromatic carbocycles. The summed E-state index contributed by atoms with van der Waals surface area (Å²) < 4.78 is 56.8. The number of rotatable bonds is 13. The number of ether oxygens (including phenoxy) is 2. The number of quaternary nitrogens is 1. The van der Waals surface area contributed by atoms with Crippen LogP contribution in [0.25, 0.3) is 5.69 Å². The van der Waals surface area contributed by atoms with Crippen molar-refractivity contribution in [1.29, 1.82) is 0 Å². The van der Waals surface area contributed by atoms with E-state index in [0.29, 0.717) is 28.8 Å². The minimum absolute atomic E-state index is 0.0181. The molecule has 4 aromatic rings. The summed E-state index contributed by atoms with van der Waals surface area (Å²) in [5.41, 5.74) is 2.31. The lowest BCUT2D eigenvalue weighted by Gasteiger charge is -2.25. The molecule has 0 spiro atoms. The molecule has 1 aromatic heterocycles. The van der Waals surface area contributed by atoms with Crippen molar-refractivity contribution in [3.05, 3.63) is 89.4 Å². The van der Waals surface area contributed by atoms with E-state index in [2.05, 4.69) is 21.1 Å². The molecule has 0 atom stereocenters. The maximum atomic E-state index is 14.5. The molecular formula is C32H38F3N4O2S+. The minimum Gasteiger partial charge on any atom is -0.493 e. The Balaban J connectivity index is 1.83. The molecule has 0 radical (unpaired) electrons. The molecule has 42 heavy (non-hydrogen) atoms. The van der Waals surface area contributed by atoms with Crippen molar-refractivity contribution in [2.75, 3.05) is 53.9 Å². The van der Waals surface area contributed by atoms with Crippen molar-refractivity contribution in [2.45, 2.75) is 30.2 Å². The first-order chi connectivity index (χ1) is 20.0. The predicted octanol–water partition coefficient (Wildman–Crippen LogP) is 7.40. The van der Waals surface area contributed by atoms with Gasteiger partial charge in [0.25, 0.3) is 0 Å². The molecule has 0 N–H and O–H groups in total. The molecule has 0 unspecified atom stereocenters. The third kappa shape index (κ3) is 7.41. The van der Waals surface area contributed by atoms with Crippen LogP contribution in [0.1, 0.15) is 24.1 Å². The van der Waals surface area contributed by atoms with Gasteiger partial charge in [-0.25, -0.2) is 18.2 Å². The smallest absolute Gasteiger partial charge is 0.174 e. The Morgan fingerprint density at radius 2 is 1.55 bits per heavy atom. The number of hydrogen-bond donors (Lipinski definition) is 0. The third-order valence-corrected chi connectivity index (χ3v) is 7.91. The van der Waals surface area contributed by atoms with Gasteiger partial charge >= 0.3 is 0 Å². The second kappa shape index (κ2) is 13.6. The van der Waals surface area contributed by atoms with Gasteiger partial charge < -0.3 is 18.9 Å². The average molecular weight is 600 g/mol. The van der Waals surface area contributed by atoms with Gasteiger partial charge in [-0.15, -0.1) is 0 Å². The number of anilines is 2. The normalized spacial score (nSPS) is 11.5. The Kier molecular flexibility index (Phi) is 10.1. The number of imidazole rings is 1. The van der Waals surface area contributed by atoms with Gasteiger partial charge in [-0.3, -0.25) is 4.57 Å². The maximum Gasteiger partial charge on any atom is 0.174 e. The van der Waals surface area contributed by atoms with Crippen LogP contribution in [0.4, 0.5) is 24.7 Å². The van der Waals surface area contributed by atoms with Gasteiger partial charge in [0, 0.05) is 35.8 Å². The van der Waals surface area contributed by atoms with Gasteiger partial charge in [-0.2, -0.15) is 0 Å². The molecular weight excluding hydrogens is 561 g/mol. The molecule has 224 valence electrons. The quantitative estimate of drug-likeness (QED) is 0.0910. The highest BCUT2D eigenvalue weighted by Gasteiger charge is 2.25. The molecule has 0 amide bonds. The molecule has 0 aliphatic heterocycles. The van der Waals surface area contributed by atoms with E-state index in [1.165, 1.54) is 42.1 Å². The van der Waals surface area contributed by atoms with Crippen molar-refractivity contribution in [1.82, 2.24) is 9.55 Å². The molecule has 0 aliphatic carbocycles. The van der Waals surface area contributed by atoms with Crippen molar-refractivity contribution >= 4 is 23.3 Å². The lowest BCUT2D eigenvalue weighted by atomic mass is 10.1. The van der Waals surface area contributed by atoms with Crippen LogP contribution < -0.4 is 14.4 Å². The fourth-order valence-electron chi connectivity index (χ4n) is 4.71. The first-order valence-corrected chi connectivity index (χ1v) is 14.7. The summed E-state index contributed by atoms with van der Waals surface area (Å²) in [7, 11) is 11.6. The Hall–Kier alpha value is -3.63. The number of halogens is 3. The highest BCUT2D eigenvalue weighted by Crippen LogP contribution is 2.39. The summed E-state index contributed by atoms with van der Waals surface area (Å²) in [5.74, 6) is 0.412. The van der Waals surface area contributed by atoms with Gasteiger partial charge in [-0.05, 0) is 67.8 Å². The van der Waals surface area contributed by atoms with Crippen LogP contribution in [0.2, 0.25) is 0 Å². The topological polar surface area (TPSA) is 39.5 Å². The zero-order valence-corrected chi connectivity index (χ0v) is 25.8. The molecule has 0 bridgehead atoms. The van der Waals surface area contributed by atoms with Crippen LogP contribution in [-0.4, -0.2) is 63.0 Å². The van der Waals surface area contributed by atoms with Crippen LogP contribution >= 0.6 is 11.8 Å². The number of aromatic nitrogens is 2. The van der Waals surface area contributed by atoms with Gasteiger partial charge in [0.1, 0.15) is 23.3 Å². The summed E-state index contributed by atoms with van der Waals surface area (Å²) >= 11 is 1.24. The lowest BCUT2D eigenvalue weighted by Crippen LogP contribution is -2.35. The highest BCUT2D eigenvalue weighted by atomic mass is 32.2. The van der Waals surface area contributed by atoms with Crippen LogP contribution in [0, 0.1) is 17.5 Å². The van der Waals surface area contributed by atoms with Crippen molar-refractivity contribution < 1.29 is 27.1 Å². The molecule has 1 heterocycles. The summed E-state index contributed by atoms with van der Waals surface area (Å²) in [6, 6.07) is 15.6. The fourth-order valence-corrected chi connectivity index (χ4v) is 5.75. The molecule has 6 nitrogen and oxygen atoms in total. The zero-order valence-electron chi connectivity index (χ0n) is 25.0. The van der Waals surface area contributed by atoms with Gasteiger partial charge in [0.15, 0.2) is 16.7 Å². The van der Waals surface area contributed by atoms with E-state index in [4.69, 9.17) is 14.5 Å². The van der Waals surface area contributed by atoms with E-state index >= 15 is 0 Å². The molecule has 10 heteroatoms. The van der Waals surface area contributed by atoms with E-state index in [0.717, 1.165) is 41.1 Å². The van der Waals surface area contributed by atoms with Crippen molar-refractivity contribution in [3.63, 3.8) is 0 Å². The van der Waals surface area contributed by atoms with Gasteiger partial charge in [0.05, 0.1) is 47.6 Å². The van der Waals surface area contributed by atoms with E-state index in [1.54, 1.807) is 26.4 Å². The van der Waals surface area contributed by atoms with Crippen molar-refractivity contribution in [3.8, 4) is 17.2 Å². The summed E-state index contributed by atoms with van der Waals surface area (Å²) in [5, 5.41) is 0.549.